The van der Waals surface area contributed by atoms with Crippen LogP contribution in [0.25, 0.3) is 0 Å². The molecule has 0 radical (unpaired) electrons. The van der Waals surface area contributed by atoms with Gasteiger partial charge in [0.25, 0.3) is 0 Å². The molecule has 2 aromatic rings. The highest BCUT2D eigenvalue weighted by Crippen LogP contribution is 2.30. The first kappa shape index (κ1) is 13.5. The molecule has 0 amide bonds. The van der Waals surface area contributed by atoms with Gasteiger partial charge >= 0.3 is 0 Å². The first-order valence-electron chi connectivity index (χ1n) is 5.81. The Labute approximate surface area is 115 Å². The van der Waals surface area contributed by atoms with E-state index in [-0.39, 0.29) is 16.7 Å². The van der Waals surface area contributed by atoms with Crippen LogP contribution in [0.2, 0.25) is 5.02 Å². The van der Waals surface area contributed by atoms with Gasteiger partial charge < -0.3 is 10.1 Å². The molecule has 0 aliphatic rings. The van der Waals surface area contributed by atoms with E-state index < -0.39 is 5.82 Å². The quantitative estimate of drug-likeness (QED) is 0.926. The third kappa shape index (κ3) is 3.12. The van der Waals surface area contributed by atoms with E-state index >= 15 is 0 Å². The maximum Gasteiger partial charge on any atom is 0.243 e. The van der Waals surface area contributed by atoms with Crippen molar-refractivity contribution in [3.8, 4) is 11.6 Å². The van der Waals surface area contributed by atoms with E-state index in [1.165, 1.54) is 12.3 Å². The molecule has 6 heteroatoms. The van der Waals surface area contributed by atoms with Gasteiger partial charge in [0, 0.05) is 6.54 Å². The highest BCUT2D eigenvalue weighted by molar-refractivity contribution is 6.31. The van der Waals surface area contributed by atoms with Crippen molar-refractivity contribution in [3.05, 3.63) is 40.8 Å². The third-order valence-electron chi connectivity index (χ3n) is 2.41. The summed E-state index contributed by atoms with van der Waals surface area (Å²) in [5, 5.41) is 3.16. The number of aromatic nitrogens is 2. The van der Waals surface area contributed by atoms with E-state index in [1.54, 1.807) is 19.1 Å². The fourth-order valence-corrected chi connectivity index (χ4v) is 1.60. The summed E-state index contributed by atoms with van der Waals surface area (Å²) in [6.45, 7) is 4.24. The van der Waals surface area contributed by atoms with Gasteiger partial charge in [0.15, 0.2) is 11.6 Å². The van der Waals surface area contributed by atoms with E-state index in [9.17, 15) is 4.39 Å². The lowest BCUT2D eigenvalue weighted by Gasteiger charge is -2.09. The molecule has 1 N–H and O–H groups in total. The lowest BCUT2D eigenvalue weighted by molar-refractivity contribution is 0.425. The number of nitrogens with one attached hydrogen (secondary N) is 1. The normalized spacial score (nSPS) is 10.3. The maximum atomic E-state index is 13.8. The van der Waals surface area contributed by atoms with E-state index in [0.717, 1.165) is 0 Å². The van der Waals surface area contributed by atoms with Crippen molar-refractivity contribution < 1.29 is 9.13 Å². The molecule has 0 atom stereocenters. The number of benzene rings is 1. The van der Waals surface area contributed by atoms with Gasteiger partial charge in [0.1, 0.15) is 5.02 Å². The molecule has 19 heavy (non-hydrogen) atoms. The molecule has 1 aromatic heterocycles. The van der Waals surface area contributed by atoms with E-state index in [4.69, 9.17) is 16.3 Å². The molecule has 0 fully saturated rings. The Morgan fingerprint density at radius 1 is 1.42 bits per heavy atom. The Bertz CT molecular complexity index is 592. The molecule has 100 valence electrons. The zero-order chi connectivity index (χ0) is 13.8. The lowest BCUT2D eigenvalue weighted by Crippen LogP contribution is -2.03. The lowest BCUT2D eigenvalue weighted by atomic mass is 10.2. The van der Waals surface area contributed by atoms with Gasteiger partial charge in [0.05, 0.1) is 6.20 Å². The van der Waals surface area contributed by atoms with Crippen molar-refractivity contribution in [2.24, 2.45) is 0 Å². The SMILES string of the molecule is CCNc1ncc(Cl)c(Oc2cccc(C)c2F)n1. The van der Waals surface area contributed by atoms with Crippen molar-refractivity contribution >= 4 is 17.5 Å². The minimum absolute atomic E-state index is 0.0862. The van der Waals surface area contributed by atoms with E-state index in [1.807, 2.05) is 6.92 Å². The molecule has 2 rings (SSSR count). The Hall–Kier alpha value is -1.88. The highest BCUT2D eigenvalue weighted by atomic mass is 35.5. The third-order valence-corrected chi connectivity index (χ3v) is 2.67. The van der Waals surface area contributed by atoms with Gasteiger partial charge in [-0.25, -0.2) is 9.37 Å². The predicted octanol–water partition coefficient (Wildman–Crippen LogP) is 3.80. The van der Waals surface area contributed by atoms with E-state index in [2.05, 4.69) is 15.3 Å². The predicted molar refractivity (Wildman–Crippen MR) is 72.4 cm³/mol. The molecular formula is C13H13ClFN3O. The summed E-state index contributed by atoms with van der Waals surface area (Å²) in [5.41, 5.74) is 0.495. The molecule has 0 bridgehead atoms. The summed E-state index contributed by atoms with van der Waals surface area (Å²) in [6.07, 6.45) is 1.41. The van der Waals surface area contributed by atoms with Gasteiger partial charge in [-0.1, -0.05) is 23.7 Å². The van der Waals surface area contributed by atoms with Gasteiger partial charge in [-0.05, 0) is 25.5 Å². The van der Waals surface area contributed by atoms with Crippen LogP contribution < -0.4 is 10.1 Å². The molecule has 0 aliphatic carbocycles. The molecule has 0 saturated carbocycles. The molecule has 0 unspecified atom stereocenters. The topological polar surface area (TPSA) is 47.0 Å². The number of anilines is 1. The van der Waals surface area contributed by atoms with Gasteiger partial charge in [-0.2, -0.15) is 4.98 Å². The average Bonchev–Trinajstić information content (AvgIpc) is 2.39. The molecule has 0 spiro atoms. The minimum atomic E-state index is -0.429. The number of rotatable bonds is 4. The number of aryl methyl sites for hydroxylation is 1. The van der Waals surface area contributed by atoms with Crippen molar-refractivity contribution in [3.63, 3.8) is 0 Å². The number of halogens is 2. The molecular weight excluding hydrogens is 269 g/mol. The van der Waals surface area contributed by atoms with Crippen molar-refractivity contribution in [2.75, 3.05) is 11.9 Å². The van der Waals surface area contributed by atoms with Crippen LogP contribution in [0.1, 0.15) is 12.5 Å². The minimum Gasteiger partial charge on any atom is -0.434 e. The van der Waals surface area contributed by atoms with E-state index in [0.29, 0.717) is 18.1 Å². The second-order valence-corrected chi connectivity index (χ2v) is 4.27. The standard InChI is InChI=1S/C13H13ClFN3O/c1-3-16-13-17-7-9(14)12(18-13)19-10-6-4-5-8(2)11(10)15/h4-7H,3H2,1-2H3,(H,16,17,18). The van der Waals surface area contributed by atoms with Gasteiger partial charge in [-0.3, -0.25) is 0 Å². The number of hydrogen-bond donors (Lipinski definition) is 1. The smallest absolute Gasteiger partial charge is 0.243 e. The van der Waals surface area contributed by atoms with Gasteiger partial charge in [0.2, 0.25) is 11.8 Å². The average molecular weight is 282 g/mol. The van der Waals surface area contributed by atoms with Crippen LogP contribution in [0.15, 0.2) is 24.4 Å². The molecule has 1 aromatic carbocycles. The highest BCUT2D eigenvalue weighted by Gasteiger charge is 2.12. The van der Waals surface area contributed by atoms with Crippen molar-refractivity contribution in [1.82, 2.24) is 9.97 Å². The van der Waals surface area contributed by atoms with Gasteiger partial charge in [-0.15, -0.1) is 0 Å². The first-order valence-corrected chi connectivity index (χ1v) is 6.19. The van der Waals surface area contributed by atoms with Crippen LogP contribution in [0, 0.1) is 12.7 Å². The molecule has 1 heterocycles. The second kappa shape index (κ2) is 5.84. The van der Waals surface area contributed by atoms with Crippen molar-refractivity contribution in [2.45, 2.75) is 13.8 Å². The summed E-state index contributed by atoms with van der Waals surface area (Å²) >= 11 is 5.94. The summed E-state index contributed by atoms with van der Waals surface area (Å²) < 4.78 is 19.3. The Morgan fingerprint density at radius 2 is 2.21 bits per heavy atom. The Balaban J connectivity index is 2.32. The van der Waals surface area contributed by atoms with Crippen LogP contribution in [-0.2, 0) is 0 Å². The van der Waals surface area contributed by atoms with Crippen LogP contribution >= 0.6 is 11.6 Å². The summed E-state index contributed by atoms with van der Waals surface area (Å²) in [7, 11) is 0. The number of nitrogens with zero attached hydrogens (tertiary/aromatic N) is 2. The molecule has 0 saturated heterocycles. The van der Waals surface area contributed by atoms with Crippen LogP contribution in [0.3, 0.4) is 0 Å². The zero-order valence-electron chi connectivity index (χ0n) is 10.6. The maximum absolute atomic E-state index is 13.8. The van der Waals surface area contributed by atoms with Crippen LogP contribution in [-0.4, -0.2) is 16.5 Å². The summed E-state index contributed by atoms with van der Waals surface area (Å²) in [4.78, 5) is 8.07. The Morgan fingerprint density at radius 3 is 2.95 bits per heavy atom. The van der Waals surface area contributed by atoms with Crippen molar-refractivity contribution in [1.29, 1.82) is 0 Å². The fourth-order valence-electron chi connectivity index (χ4n) is 1.47. The second-order valence-electron chi connectivity index (χ2n) is 3.87. The molecule has 4 nitrogen and oxygen atoms in total. The van der Waals surface area contributed by atoms with Crippen LogP contribution in [0.4, 0.5) is 10.3 Å². The number of hydrogen-bond acceptors (Lipinski definition) is 4. The fraction of sp³-hybridized carbons (Fsp3) is 0.231. The summed E-state index contributed by atoms with van der Waals surface area (Å²) in [6, 6.07) is 4.88. The summed E-state index contributed by atoms with van der Waals surface area (Å²) in [5.74, 6) is 0.164. The first-order chi connectivity index (χ1) is 9.11. The zero-order valence-corrected chi connectivity index (χ0v) is 11.3. The largest absolute Gasteiger partial charge is 0.434 e. The number of ether oxygens (including phenoxy) is 1. The Kier molecular flexibility index (Phi) is 4.16. The molecule has 0 aliphatic heterocycles. The van der Waals surface area contributed by atoms with Crippen LogP contribution in [0.5, 0.6) is 11.6 Å². The monoisotopic (exact) mass is 281 g/mol.